The molecule has 0 radical (unpaired) electrons. The molecule has 0 saturated heterocycles. The Morgan fingerprint density at radius 3 is 2.88 bits per heavy atom. The van der Waals surface area contributed by atoms with E-state index in [2.05, 4.69) is 5.32 Å². The molecule has 0 spiro atoms. The highest BCUT2D eigenvalue weighted by Crippen LogP contribution is 2.10. The van der Waals surface area contributed by atoms with Gasteiger partial charge in [0.2, 0.25) is 5.91 Å². The molecule has 0 aliphatic carbocycles. The van der Waals surface area contributed by atoms with E-state index in [1.165, 1.54) is 4.88 Å². The van der Waals surface area contributed by atoms with Crippen molar-refractivity contribution in [3.05, 3.63) is 22.4 Å². The molecule has 1 atom stereocenters. The fraction of sp³-hybridized carbons (Fsp3) is 0.500. The average Bonchev–Trinajstić information content (AvgIpc) is 2.71. The molecule has 1 aromatic heterocycles. The molecule has 0 fully saturated rings. The molecule has 1 unspecified atom stereocenters. The smallest absolute Gasteiger partial charge is 0.237 e. The van der Waals surface area contributed by atoms with E-state index in [4.69, 9.17) is 5.26 Å². The third-order valence-electron chi connectivity index (χ3n) is 2.34. The van der Waals surface area contributed by atoms with Crippen LogP contribution < -0.4 is 5.32 Å². The Morgan fingerprint density at radius 2 is 2.38 bits per heavy atom. The first-order valence-electron chi connectivity index (χ1n) is 5.35. The van der Waals surface area contributed by atoms with Gasteiger partial charge in [0.1, 0.15) is 5.92 Å². The summed E-state index contributed by atoms with van der Waals surface area (Å²) in [4.78, 5) is 12.9. The van der Waals surface area contributed by atoms with Gasteiger partial charge in [0.05, 0.1) is 6.07 Å². The summed E-state index contributed by atoms with van der Waals surface area (Å²) in [5.74, 6) is -0.635. The number of nitrogens with zero attached hydrogens (tertiary/aromatic N) is 1. The van der Waals surface area contributed by atoms with Gasteiger partial charge in [-0.1, -0.05) is 19.9 Å². The third-order valence-corrected chi connectivity index (χ3v) is 3.28. The van der Waals surface area contributed by atoms with Crippen LogP contribution >= 0.6 is 11.3 Å². The standard InChI is InChI=1S/C12H16N2OS/c1-9(2)11(8-13)12(15)14-6-5-10-4-3-7-16-10/h3-4,7,9,11H,5-6H2,1-2H3,(H,14,15). The molecule has 1 aromatic rings. The summed E-state index contributed by atoms with van der Waals surface area (Å²) in [6, 6.07) is 6.07. The number of nitrogens with one attached hydrogen (secondary N) is 1. The van der Waals surface area contributed by atoms with Crippen molar-refractivity contribution in [2.24, 2.45) is 11.8 Å². The van der Waals surface area contributed by atoms with Crippen molar-refractivity contribution in [3.8, 4) is 6.07 Å². The summed E-state index contributed by atoms with van der Waals surface area (Å²) in [7, 11) is 0. The highest BCUT2D eigenvalue weighted by Gasteiger charge is 2.20. The number of thiophene rings is 1. The Kier molecular flexibility index (Phi) is 5.00. The number of amides is 1. The van der Waals surface area contributed by atoms with Crippen LogP contribution in [0.2, 0.25) is 0 Å². The number of carbonyl (C=O) groups excluding carboxylic acids is 1. The van der Waals surface area contributed by atoms with E-state index < -0.39 is 5.92 Å². The zero-order valence-electron chi connectivity index (χ0n) is 9.56. The van der Waals surface area contributed by atoms with Gasteiger partial charge < -0.3 is 5.32 Å². The maximum Gasteiger partial charge on any atom is 0.237 e. The van der Waals surface area contributed by atoms with Crippen LogP contribution in [0.5, 0.6) is 0 Å². The molecule has 16 heavy (non-hydrogen) atoms. The highest BCUT2D eigenvalue weighted by molar-refractivity contribution is 7.09. The summed E-state index contributed by atoms with van der Waals surface area (Å²) in [6.07, 6.45) is 0.833. The molecular formula is C12H16N2OS. The Labute approximate surface area is 100 Å². The van der Waals surface area contributed by atoms with Crippen LogP contribution in [-0.2, 0) is 11.2 Å². The van der Waals surface area contributed by atoms with Crippen molar-refractivity contribution in [1.29, 1.82) is 5.26 Å². The van der Waals surface area contributed by atoms with Crippen LogP contribution in [-0.4, -0.2) is 12.5 Å². The SMILES string of the molecule is CC(C)C(C#N)C(=O)NCCc1cccs1. The van der Waals surface area contributed by atoms with Crippen LogP contribution in [0.4, 0.5) is 0 Å². The lowest BCUT2D eigenvalue weighted by molar-refractivity contribution is -0.124. The van der Waals surface area contributed by atoms with Crippen molar-refractivity contribution >= 4 is 17.2 Å². The average molecular weight is 236 g/mol. The molecule has 0 aliphatic rings. The van der Waals surface area contributed by atoms with Gasteiger partial charge in [0.15, 0.2) is 0 Å². The largest absolute Gasteiger partial charge is 0.355 e. The second-order valence-electron chi connectivity index (χ2n) is 3.97. The molecule has 1 heterocycles. The van der Waals surface area contributed by atoms with Gasteiger partial charge >= 0.3 is 0 Å². The van der Waals surface area contributed by atoms with E-state index in [1.54, 1.807) is 11.3 Å². The molecule has 0 bridgehead atoms. The van der Waals surface area contributed by atoms with Gasteiger partial charge in [-0.3, -0.25) is 4.79 Å². The predicted molar refractivity (Wildman–Crippen MR) is 65.0 cm³/mol. The minimum atomic E-state index is -0.539. The second kappa shape index (κ2) is 6.29. The summed E-state index contributed by atoms with van der Waals surface area (Å²) < 4.78 is 0. The van der Waals surface area contributed by atoms with Gasteiger partial charge in [-0.2, -0.15) is 5.26 Å². The van der Waals surface area contributed by atoms with Crippen molar-refractivity contribution in [2.75, 3.05) is 6.54 Å². The van der Waals surface area contributed by atoms with Crippen molar-refractivity contribution in [2.45, 2.75) is 20.3 Å². The lowest BCUT2D eigenvalue weighted by Gasteiger charge is -2.12. The summed E-state index contributed by atoms with van der Waals surface area (Å²) >= 11 is 1.68. The number of nitriles is 1. The molecule has 1 amide bonds. The maximum atomic E-state index is 11.6. The Balaban J connectivity index is 2.33. The van der Waals surface area contributed by atoms with E-state index in [9.17, 15) is 4.79 Å². The zero-order valence-corrected chi connectivity index (χ0v) is 10.4. The molecule has 4 heteroatoms. The van der Waals surface area contributed by atoms with E-state index >= 15 is 0 Å². The zero-order chi connectivity index (χ0) is 12.0. The fourth-order valence-corrected chi connectivity index (χ4v) is 2.09. The van der Waals surface area contributed by atoms with Crippen molar-refractivity contribution < 1.29 is 4.79 Å². The van der Waals surface area contributed by atoms with Crippen LogP contribution in [0.15, 0.2) is 17.5 Å². The third kappa shape index (κ3) is 3.67. The molecule has 0 saturated carbocycles. The number of hydrogen-bond donors (Lipinski definition) is 1. The highest BCUT2D eigenvalue weighted by atomic mass is 32.1. The monoisotopic (exact) mass is 236 g/mol. The fourth-order valence-electron chi connectivity index (χ4n) is 1.38. The van der Waals surface area contributed by atoms with Crippen LogP contribution in [0, 0.1) is 23.2 Å². The quantitative estimate of drug-likeness (QED) is 0.852. The maximum absolute atomic E-state index is 11.6. The molecule has 3 nitrogen and oxygen atoms in total. The number of rotatable bonds is 5. The van der Waals surface area contributed by atoms with Gasteiger partial charge in [-0.25, -0.2) is 0 Å². The first-order valence-corrected chi connectivity index (χ1v) is 6.23. The van der Waals surface area contributed by atoms with Crippen LogP contribution in [0.3, 0.4) is 0 Å². The Morgan fingerprint density at radius 1 is 1.62 bits per heavy atom. The van der Waals surface area contributed by atoms with Gasteiger partial charge in [0.25, 0.3) is 0 Å². The summed E-state index contributed by atoms with van der Waals surface area (Å²) in [5, 5.41) is 13.7. The summed E-state index contributed by atoms with van der Waals surface area (Å²) in [5.41, 5.74) is 0. The van der Waals surface area contributed by atoms with Gasteiger partial charge in [-0.15, -0.1) is 11.3 Å². The van der Waals surface area contributed by atoms with Crippen molar-refractivity contribution in [3.63, 3.8) is 0 Å². The minimum absolute atomic E-state index is 0.0618. The first-order chi connectivity index (χ1) is 7.65. The molecule has 1 rings (SSSR count). The number of hydrogen-bond acceptors (Lipinski definition) is 3. The predicted octanol–water partition coefficient (Wildman–Crippen LogP) is 2.20. The summed E-state index contributed by atoms with van der Waals surface area (Å²) in [6.45, 7) is 4.36. The normalized spacial score (nSPS) is 12.1. The molecule has 0 aromatic carbocycles. The first kappa shape index (κ1) is 12.7. The Bertz CT molecular complexity index is 365. The molecule has 1 N–H and O–H groups in total. The minimum Gasteiger partial charge on any atom is -0.355 e. The lowest BCUT2D eigenvalue weighted by Crippen LogP contribution is -2.33. The number of carbonyl (C=O) groups is 1. The van der Waals surface area contributed by atoms with Crippen LogP contribution in [0.25, 0.3) is 0 Å². The lowest BCUT2D eigenvalue weighted by atomic mass is 9.97. The van der Waals surface area contributed by atoms with Gasteiger partial charge in [0, 0.05) is 11.4 Å². The Hall–Kier alpha value is -1.34. The van der Waals surface area contributed by atoms with E-state index in [1.807, 2.05) is 37.4 Å². The van der Waals surface area contributed by atoms with E-state index in [-0.39, 0.29) is 11.8 Å². The topological polar surface area (TPSA) is 52.9 Å². The van der Waals surface area contributed by atoms with Gasteiger partial charge in [-0.05, 0) is 23.8 Å². The second-order valence-corrected chi connectivity index (χ2v) is 5.00. The molecule has 86 valence electrons. The molecule has 0 aliphatic heterocycles. The van der Waals surface area contributed by atoms with Crippen LogP contribution in [0.1, 0.15) is 18.7 Å². The van der Waals surface area contributed by atoms with E-state index in [0.717, 1.165) is 6.42 Å². The van der Waals surface area contributed by atoms with Crippen molar-refractivity contribution in [1.82, 2.24) is 5.32 Å². The van der Waals surface area contributed by atoms with E-state index in [0.29, 0.717) is 6.54 Å². The molecular weight excluding hydrogens is 220 g/mol.